The molecule has 0 radical (unpaired) electrons. The minimum absolute atomic E-state index is 0.00987. The first-order valence-electron chi connectivity index (χ1n) is 6.49. The molecule has 0 bridgehead atoms. The zero-order valence-electron chi connectivity index (χ0n) is 11.1. The van der Waals surface area contributed by atoms with E-state index in [9.17, 15) is 9.18 Å². The van der Waals surface area contributed by atoms with Crippen molar-refractivity contribution >= 4 is 28.1 Å². The van der Waals surface area contributed by atoms with Crippen molar-refractivity contribution in [3.63, 3.8) is 0 Å². The molecule has 0 heterocycles. The lowest BCUT2D eigenvalue weighted by Gasteiger charge is -2.09. The van der Waals surface area contributed by atoms with E-state index in [0.29, 0.717) is 5.56 Å². The number of nitrogen functional groups attached to an aromatic ring is 1. The van der Waals surface area contributed by atoms with Crippen molar-refractivity contribution < 1.29 is 9.18 Å². The van der Waals surface area contributed by atoms with E-state index in [-0.39, 0.29) is 11.4 Å². The topological polar surface area (TPSA) is 55.1 Å². The van der Waals surface area contributed by atoms with Crippen molar-refractivity contribution in [2.45, 2.75) is 0 Å². The van der Waals surface area contributed by atoms with E-state index in [0.717, 1.165) is 10.8 Å². The van der Waals surface area contributed by atoms with Gasteiger partial charge in [-0.1, -0.05) is 36.4 Å². The maximum absolute atomic E-state index is 13.7. The summed E-state index contributed by atoms with van der Waals surface area (Å²) in [5.74, 6) is -0.943. The van der Waals surface area contributed by atoms with Crippen molar-refractivity contribution in [1.29, 1.82) is 0 Å². The zero-order valence-corrected chi connectivity index (χ0v) is 11.1. The van der Waals surface area contributed by atoms with Crippen molar-refractivity contribution in [3.8, 4) is 0 Å². The second-order valence-electron chi connectivity index (χ2n) is 4.72. The van der Waals surface area contributed by atoms with Gasteiger partial charge in [-0.05, 0) is 35.0 Å². The second kappa shape index (κ2) is 5.25. The smallest absolute Gasteiger partial charge is 0.255 e. The van der Waals surface area contributed by atoms with Crippen LogP contribution in [0.2, 0.25) is 0 Å². The highest BCUT2D eigenvalue weighted by molar-refractivity contribution is 6.07. The Labute approximate surface area is 121 Å². The average molecular weight is 280 g/mol. The summed E-state index contributed by atoms with van der Waals surface area (Å²) in [4.78, 5) is 12.2. The Kier molecular flexibility index (Phi) is 3.28. The summed E-state index contributed by atoms with van der Waals surface area (Å²) in [5.41, 5.74) is 6.35. The molecule has 0 aliphatic carbocycles. The summed E-state index contributed by atoms with van der Waals surface area (Å²) in [6, 6.07) is 17.3. The number of hydrogen-bond acceptors (Lipinski definition) is 2. The van der Waals surface area contributed by atoms with Crippen molar-refractivity contribution in [1.82, 2.24) is 0 Å². The molecule has 0 saturated heterocycles. The van der Waals surface area contributed by atoms with E-state index in [1.54, 1.807) is 18.2 Å². The number of fused-ring (bicyclic) bond motifs is 1. The number of amides is 1. The molecule has 21 heavy (non-hydrogen) atoms. The summed E-state index contributed by atoms with van der Waals surface area (Å²) in [6.45, 7) is 0. The van der Waals surface area contributed by atoms with Crippen LogP contribution in [-0.2, 0) is 0 Å². The lowest BCUT2D eigenvalue weighted by molar-refractivity contribution is 0.102. The van der Waals surface area contributed by atoms with Gasteiger partial charge in [-0.3, -0.25) is 4.79 Å². The van der Waals surface area contributed by atoms with Crippen molar-refractivity contribution in [2.75, 3.05) is 11.1 Å². The molecule has 0 aromatic heterocycles. The average Bonchev–Trinajstić information content (AvgIpc) is 2.50. The molecular weight excluding hydrogens is 267 g/mol. The van der Waals surface area contributed by atoms with Crippen LogP contribution in [-0.4, -0.2) is 5.91 Å². The third-order valence-electron chi connectivity index (χ3n) is 3.30. The molecule has 0 atom stereocenters. The van der Waals surface area contributed by atoms with Gasteiger partial charge < -0.3 is 11.1 Å². The number of anilines is 2. The first-order valence-corrected chi connectivity index (χ1v) is 6.49. The SMILES string of the molecule is Nc1cccc(F)c1NC(=O)c1ccc2ccccc2c1. The number of rotatable bonds is 2. The largest absolute Gasteiger partial charge is 0.397 e. The third kappa shape index (κ3) is 2.56. The molecule has 3 nitrogen and oxygen atoms in total. The quantitative estimate of drug-likeness (QED) is 0.701. The molecule has 3 aromatic rings. The number of carbonyl (C=O) groups excluding carboxylic acids is 1. The first kappa shape index (κ1) is 13.1. The van der Waals surface area contributed by atoms with Gasteiger partial charge in [-0.15, -0.1) is 0 Å². The number of carbonyl (C=O) groups is 1. The predicted molar refractivity (Wildman–Crippen MR) is 82.7 cm³/mol. The summed E-state index contributed by atoms with van der Waals surface area (Å²) in [6.07, 6.45) is 0. The van der Waals surface area contributed by atoms with Crippen molar-refractivity contribution in [2.24, 2.45) is 0 Å². The van der Waals surface area contributed by atoms with Gasteiger partial charge in [-0.2, -0.15) is 0 Å². The lowest BCUT2D eigenvalue weighted by Crippen LogP contribution is -2.14. The number of halogens is 1. The number of nitrogens with one attached hydrogen (secondary N) is 1. The molecule has 0 unspecified atom stereocenters. The molecule has 4 heteroatoms. The van der Waals surface area contributed by atoms with Crippen LogP contribution in [0.15, 0.2) is 60.7 Å². The number of nitrogens with two attached hydrogens (primary N) is 1. The Morgan fingerprint density at radius 3 is 2.48 bits per heavy atom. The maximum atomic E-state index is 13.7. The van der Waals surface area contributed by atoms with Gasteiger partial charge in [0.1, 0.15) is 11.5 Å². The van der Waals surface area contributed by atoms with Gasteiger partial charge in [0.2, 0.25) is 0 Å². The van der Waals surface area contributed by atoms with Crippen LogP contribution < -0.4 is 11.1 Å². The molecule has 0 saturated carbocycles. The Morgan fingerprint density at radius 2 is 1.71 bits per heavy atom. The number of hydrogen-bond donors (Lipinski definition) is 2. The maximum Gasteiger partial charge on any atom is 0.255 e. The molecule has 1 amide bonds. The highest BCUT2D eigenvalue weighted by atomic mass is 19.1. The highest BCUT2D eigenvalue weighted by Crippen LogP contribution is 2.23. The molecule has 3 rings (SSSR count). The summed E-state index contributed by atoms with van der Waals surface area (Å²) >= 11 is 0. The predicted octanol–water partition coefficient (Wildman–Crippen LogP) is 3.81. The zero-order chi connectivity index (χ0) is 14.8. The number of para-hydroxylation sites is 1. The van der Waals surface area contributed by atoms with Gasteiger partial charge in [0.25, 0.3) is 5.91 Å². The second-order valence-corrected chi connectivity index (χ2v) is 4.72. The van der Waals surface area contributed by atoms with E-state index in [1.807, 2.05) is 30.3 Å². The van der Waals surface area contributed by atoms with E-state index in [4.69, 9.17) is 5.73 Å². The van der Waals surface area contributed by atoms with Gasteiger partial charge >= 0.3 is 0 Å². The summed E-state index contributed by atoms with van der Waals surface area (Å²) < 4.78 is 13.7. The van der Waals surface area contributed by atoms with Gasteiger partial charge in [-0.25, -0.2) is 4.39 Å². The monoisotopic (exact) mass is 280 g/mol. The van der Waals surface area contributed by atoms with Crippen molar-refractivity contribution in [3.05, 3.63) is 72.0 Å². The minimum atomic E-state index is -0.552. The molecule has 3 aromatic carbocycles. The highest BCUT2D eigenvalue weighted by Gasteiger charge is 2.12. The van der Waals surface area contributed by atoms with Crippen LogP contribution >= 0.6 is 0 Å². The summed E-state index contributed by atoms with van der Waals surface area (Å²) in [5, 5.41) is 4.51. The van der Waals surface area contributed by atoms with Crippen LogP contribution in [0.25, 0.3) is 10.8 Å². The third-order valence-corrected chi connectivity index (χ3v) is 3.30. The normalized spacial score (nSPS) is 10.5. The number of benzene rings is 3. The van der Waals surface area contributed by atoms with E-state index < -0.39 is 11.7 Å². The van der Waals surface area contributed by atoms with Crippen LogP contribution in [0.4, 0.5) is 15.8 Å². The molecule has 0 fully saturated rings. The van der Waals surface area contributed by atoms with E-state index >= 15 is 0 Å². The summed E-state index contributed by atoms with van der Waals surface area (Å²) in [7, 11) is 0. The van der Waals surface area contributed by atoms with Gasteiger partial charge in [0.15, 0.2) is 0 Å². The molecule has 0 spiro atoms. The van der Waals surface area contributed by atoms with Crippen LogP contribution in [0.3, 0.4) is 0 Å². The Bertz CT molecular complexity index is 810. The van der Waals surface area contributed by atoms with Crippen LogP contribution in [0, 0.1) is 5.82 Å². The first-order chi connectivity index (χ1) is 10.1. The van der Waals surface area contributed by atoms with Gasteiger partial charge in [0, 0.05) is 5.56 Å². The minimum Gasteiger partial charge on any atom is -0.397 e. The Hall–Kier alpha value is -2.88. The fourth-order valence-electron chi connectivity index (χ4n) is 2.19. The fourth-order valence-corrected chi connectivity index (χ4v) is 2.19. The lowest BCUT2D eigenvalue weighted by atomic mass is 10.1. The molecule has 104 valence electrons. The van der Waals surface area contributed by atoms with Crippen LogP contribution in [0.1, 0.15) is 10.4 Å². The van der Waals surface area contributed by atoms with E-state index in [2.05, 4.69) is 5.32 Å². The van der Waals surface area contributed by atoms with E-state index in [1.165, 1.54) is 12.1 Å². The Balaban J connectivity index is 1.94. The Morgan fingerprint density at radius 1 is 0.952 bits per heavy atom. The molecule has 0 aliphatic rings. The fraction of sp³-hybridized carbons (Fsp3) is 0. The molecule has 3 N–H and O–H groups in total. The van der Waals surface area contributed by atoms with Gasteiger partial charge in [0.05, 0.1) is 5.69 Å². The standard InChI is InChI=1S/C17H13FN2O/c18-14-6-3-7-15(19)16(14)20-17(21)13-9-8-11-4-1-2-5-12(11)10-13/h1-10H,19H2,(H,20,21). The van der Waals surface area contributed by atoms with Crippen LogP contribution in [0.5, 0.6) is 0 Å². The molecular formula is C17H13FN2O. The molecule has 0 aliphatic heterocycles.